The van der Waals surface area contributed by atoms with Crippen LogP contribution in [0, 0.1) is 0 Å². The summed E-state index contributed by atoms with van der Waals surface area (Å²) in [5.41, 5.74) is 6.64. The van der Waals surface area contributed by atoms with Crippen LogP contribution >= 0.6 is 11.3 Å². The average Bonchev–Trinajstić information content (AvgIpc) is 3.19. The third-order valence-corrected chi connectivity index (χ3v) is 6.77. The Kier molecular flexibility index (Phi) is 8.13. The molecule has 1 aromatic carbocycles. The highest BCUT2D eigenvalue weighted by Crippen LogP contribution is 2.40. The minimum absolute atomic E-state index is 0.0934. The van der Waals surface area contributed by atoms with Crippen LogP contribution in [-0.4, -0.2) is 21.5 Å². The van der Waals surface area contributed by atoms with Crippen LogP contribution in [0.25, 0.3) is 11.3 Å². The fraction of sp³-hybridized carbons (Fsp3) is 0.464. The molecule has 2 aromatic heterocycles. The standard InChI is InChI=1S/C28H38N4OS/c1-17(2)22-12-23(18(3)4)26(24(13-22)19(5)6)25-16-34-27(30-25)32-28(8,31-20(7)33)14-21-10-9-11-29-15-21/h9-13,15-19H,14H2,1-8H3,(H,30,32)(H,31,33). The molecule has 0 saturated carbocycles. The Hall–Kier alpha value is -2.73. The quantitative estimate of drug-likeness (QED) is 0.322. The normalized spacial score (nSPS) is 13.4. The van der Waals surface area contributed by atoms with Crippen LogP contribution in [0.3, 0.4) is 0 Å². The number of pyridine rings is 1. The highest BCUT2D eigenvalue weighted by atomic mass is 32.1. The molecule has 1 unspecified atom stereocenters. The van der Waals surface area contributed by atoms with Gasteiger partial charge in [0, 0.05) is 36.7 Å². The van der Waals surface area contributed by atoms with Crippen molar-refractivity contribution in [3.05, 3.63) is 64.3 Å². The number of nitrogens with one attached hydrogen (secondary N) is 2. The SMILES string of the molecule is CC(=O)NC(C)(Cc1cccnc1)Nc1nc(-c2c(C(C)C)cc(C(C)C)cc2C(C)C)cs1. The van der Waals surface area contributed by atoms with Crippen LogP contribution in [0.2, 0.25) is 0 Å². The van der Waals surface area contributed by atoms with Gasteiger partial charge in [0.2, 0.25) is 5.91 Å². The molecule has 0 aliphatic carbocycles. The van der Waals surface area contributed by atoms with E-state index in [0.717, 1.165) is 16.4 Å². The van der Waals surface area contributed by atoms with Crippen molar-refractivity contribution in [2.75, 3.05) is 5.32 Å². The lowest BCUT2D eigenvalue weighted by molar-refractivity contribution is -0.120. The highest BCUT2D eigenvalue weighted by molar-refractivity contribution is 7.14. The van der Waals surface area contributed by atoms with E-state index in [9.17, 15) is 4.79 Å². The molecule has 0 spiro atoms. The molecule has 3 rings (SSSR count). The van der Waals surface area contributed by atoms with Gasteiger partial charge in [0.1, 0.15) is 5.66 Å². The molecule has 0 aliphatic rings. The molecule has 6 heteroatoms. The molecule has 2 heterocycles. The van der Waals surface area contributed by atoms with Crippen LogP contribution in [0.15, 0.2) is 42.0 Å². The largest absolute Gasteiger partial charge is 0.339 e. The zero-order valence-electron chi connectivity index (χ0n) is 21.7. The van der Waals surface area contributed by atoms with E-state index >= 15 is 0 Å². The molecule has 0 saturated heterocycles. The lowest BCUT2D eigenvalue weighted by Gasteiger charge is -2.31. The summed E-state index contributed by atoms with van der Waals surface area (Å²) in [7, 11) is 0. The summed E-state index contributed by atoms with van der Waals surface area (Å²) in [5.74, 6) is 1.16. The van der Waals surface area contributed by atoms with E-state index in [1.54, 1.807) is 17.5 Å². The number of hydrogen-bond acceptors (Lipinski definition) is 5. The number of carbonyl (C=O) groups is 1. The molecule has 1 amide bonds. The molecule has 5 nitrogen and oxygen atoms in total. The first-order chi connectivity index (χ1) is 16.0. The fourth-order valence-corrected chi connectivity index (χ4v) is 5.18. The first-order valence-corrected chi connectivity index (χ1v) is 13.0. The molecule has 1 atom stereocenters. The van der Waals surface area contributed by atoms with E-state index in [0.29, 0.717) is 24.2 Å². The number of hydrogen-bond donors (Lipinski definition) is 2. The van der Waals surface area contributed by atoms with Gasteiger partial charge in [0.15, 0.2) is 5.13 Å². The number of nitrogens with zero attached hydrogens (tertiary/aromatic N) is 2. The van der Waals surface area contributed by atoms with Crippen molar-refractivity contribution in [3.8, 4) is 11.3 Å². The summed E-state index contributed by atoms with van der Waals surface area (Å²) >= 11 is 1.57. The molecule has 0 fully saturated rings. The Morgan fingerprint density at radius 2 is 1.71 bits per heavy atom. The number of aromatic nitrogens is 2. The maximum absolute atomic E-state index is 12.0. The van der Waals surface area contributed by atoms with Gasteiger partial charge in [-0.05, 0) is 53.0 Å². The average molecular weight is 479 g/mol. The molecular formula is C28H38N4OS. The second-order valence-electron chi connectivity index (χ2n) is 10.3. The third-order valence-electron chi connectivity index (χ3n) is 6.01. The van der Waals surface area contributed by atoms with Gasteiger partial charge < -0.3 is 10.6 Å². The summed E-state index contributed by atoms with van der Waals surface area (Å²) in [6.45, 7) is 17.0. The van der Waals surface area contributed by atoms with Gasteiger partial charge in [-0.1, -0.05) is 59.7 Å². The molecular weight excluding hydrogens is 440 g/mol. The van der Waals surface area contributed by atoms with Gasteiger partial charge in [0.25, 0.3) is 0 Å². The molecule has 2 N–H and O–H groups in total. The summed E-state index contributed by atoms with van der Waals surface area (Å²) in [6.07, 6.45) is 4.17. The zero-order valence-corrected chi connectivity index (χ0v) is 22.5. The molecule has 34 heavy (non-hydrogen) atoms. The topological polar surface area (TPSA) is 66.9 Å². The van der Waals surface area contributed by atoms with E-state index in [1.165, 1.54) is 29.2 Å². The lowest BCUT2D eigenvalue weighted by atomic mass is 9.83. The number of anilines is 1. The van der Waals surface area contributed by atoms with E-state index in [-0.39, 0.29) is 5.91 Å². The zero-order chi connectivity index (χ0) is 25.0. The number of benzene rings is 1. The number of rotatable bonds is 9. The van der Waals surface area contributed by atoms with E-state index in [4.69, 9.17) is 4.98 Å². The van der Waals surface area contributed by atoms with Crippen molar-refractivity contribution in [1.29, 1.82) is 0 Å². The minimum atomic E-state index is -0.687. The predicted octanol–water partition coefficient (Wildman–Crippen LogP) is 7.08. The second-order valence-corrected chi connectivity index (χ2v) is 11.1. The molecule has 3 aromatic rings. The van der Waals surface area contributed by atoms with E-state index in [2.05, 4.69) is 74.7 Å². The van der Waals surface area contributed by atoms with Crippen LogP contribution < -0.4 is 10.6 Å². The first-order valence-electron chi connectivity index (χ1n) is 12.1. The second kappa shape index (κ2) is 10.7. The number of carbonyl (C=O) groups excluding carboxylic acids is 1. The first kappa shape index (κ1) is 25.9. The van der Waals surface area contributed by atoms with Crippen molar-refractivity contribution in [2.24, 2.45) is 0 Å². The predicted molar refractivity (Wildman–Crippen MR) is 144 cm³/mol. The fourth-order valence-electron chi connectivity index (χ4n) is 4.35. The van der Waals surface area contributed by atoms with Gasteiger partial charge >= 0.3 is 0 Å². The molecule has 0 bridgehead atoms. The summed E-state index contributed by atoms with van der Waals surface area (Å²) in [5, 5.41) is 9.48. The third kappa shape index (κ3) is 6.23. The molecule has 0 aliphatic heterocycles. The van der Waals surface area contributed by atoms with Crippen molar-refractivity contribution in [3.63, 3.8) is 0 Å². The Labute approximate surface area is 208 Å². The van der Waals surface area contributed by atoms with Gasteiger partial charge in [-0.25, -0.2) is 4.98 Å². The van der Waals surface area contributed by atoms with Crippen molar-refractivity contribution < 1.29 is 4.79 Å². The van der Waals surface area contributed by atoms with Gasteiger partial charge in [0.05, 0.1) is 5.69 Å². The van der Waals surface area contributed by atoms with E-state index < -0.39 is 5.66 Å². The lowest BCUT2D eigenvalue weighted by Crippen LogP contribution is -2.53. The Balaban J connectivity index is 2.01. The van der Waals surface area contributed by atoms with Crippen molar-refractivity contribution in [2.45, 2.75) is 85.2 Å². The van der Waals surface area contributed by atoms with Crippen LogP contribution in [0.1, 0.15) is 95.4 Å². The summed E-state index contributed by atoms with van der Waals surface area (Å²) in [4.78, 5) is 21.2. The van der Waals surface area contributed by atoms with Gasteiger partial charge in [-0.2, -0.15) is 0 Å². The minimum Gasteiger partial charge on any atom is -0.339 e. The van der Waals surface area contributed by atoms with Crippen LogP contribution in [0.5, 0.6) is 0 Å². The molecule has 0 radical (unpaired) electrons. The van der Waals surface area contributed by atoms with Crippen molar-refractivity contribution >= 4 is 22.4 Å². The highest BCUT2D eigenvalue weighted by Gasteiger charge is 2.28. The molecule has 182 valence electrons. The van der Waals surface area contributed by atoms with E-state index in [1.807, 2.05) is 25.3 Å². The summed E-state index contributed by atoms with van der Waals surface area (Å²) < 4.78 is 0. The maximum Gasteiger partial charge on any atom is 0.218 e. The van der Waals surface area contributed by atoms with Gasteiger partial charge in [-0.15, -0.1) is 11.3 Å². The monoisotopic (exact) mass is 478 g/mol. The van der Waals surface area contributed by atoms with Crippen LogP contribution in [0.4, 0.5) is 5.13 Å². The number of amides is 1. The summed E-state index contributed by atoms with van der Waals surface area (Å²) in [6, 6.07) is 8.63. The van der Waals surface area contributed by atoms with Crippen LogP contribution in [-0.2, 0) is 11.2 Å². The Morgan fingerprint density at radius 3 is 2.21 bits per heavy atom. The Bertz CT molecular complexity index is 1090. The Morgan fingerprint density at radius 1 is 1.06 bits per heavy atom. The smallest absolute Gasteiger partial charge is 0.218 e. The van der Waals surface area contributed by atoms with Gasteiger partial charge in [-0.3, -0.25) is 9.78 Å². The van der Waals surface area contributed by atoms with Crippen molar-refractivity contribution in [1.82, 2.24) is 15.3 Å². The maximum atomic E-state index is 12.0. The number of thiazole rings is 1.